The van der Waals surface area contributed by atoms with Crippen LogP contribution in [0.4, 0.5) is 0 Å². The molecule has 0 atom stereocenters. The van der Waals surface area contributed by atoms with Gasteiger partial charge in [-0.25, -0.2) is 4.79 Å². The van der Waals surface area contributed by atoms with Crippen LogP contribution < -0.4 is 5.32 Å². The zero-order chi connectivity index (χ0) is 16.2. The Kier molecular flexibility index (Phi) is 4.58. The van der Waals surface area contributed by atoms with Gasteiger partial charge in [0, 0.05) is 6.54 Å². The van der Waals surface area contributed by atoms with Gasteiger partial charge in [0.15, 0.2) is 0 Å². The number of hydrogen-bond acceptors (Lipinski definition) is 3. The first-order valence-corrected chi connectivity index (χ1v) is 7.88. The Bertz CT molecular complexity index is 745. The second-order valence-electron chi connectivity index (χ2n) is 5.80. The number of rotatable bonds is 3. The number of nitrogens with one attached hydrogen (secondary N) is 1. The highest BCUT2D eigenvalue weighted by Gasteiger charge is 2.17. The highest BCUT2D eigenvalue weighted by atomic mass is 16.5. The summed E-state index contributed by atoms with van der Waals surface area (Å²) in [5, 5.41) is 3.31. The van der Waals surface area contributed by atoms with Crippen molar-refractivity contribution in [3.8, 4) is 11.1 Å². The van der Waals surface area contributed by atoms with Crippen molar-refractivity contribution in [2.75, 3.05) is 20.2 Å². The van der Waals surface area contributed by atoms with Crippen LogP contribution in [-0.4, -0.2) is 26.2 Å². The van der Waals surface area contributed by atoms with Crippen LogP contribution in [0, 0.1) is 6.92 Å². The molecule has 1 aliphatic rings. The van der Waals surface area contributed by atoms with E-state index in [1.165, 1.54) is 18.2 Å². The molecule has 118 valence electrons. The maximum atomic E-state index is 12.1. The Labute approximate surface area is 137 Å². The molecule has 0 bridgehead atoms. The van der Waals surface area contributed by atoms with E-state index in [0.717, 1.165) is 36.2 Å². The van der Waals surface area contributed by atoms with E-state index < -0.39 is 0 Å². The number of benzene rings is 2. The lowest BCUT2D eigenvalue weighted by Gasteiger charge is -2.18. The normalized spacial score (nSPS) is 14.3. The van der Waals surface area contributed by atoms with Crippen molar-refractivity contribution < 1.29 is 9.53 Å². The molecule has 0 radical (unpaired) electrons. The second kappa shape index (κ2) is 6.80. The van der Waals surface area contributed by atoms with E-state index in [4.69, 9.17) is 4.74 Å². The standard InChI is InChI=1S/C20H21NO2/c1-14-3-5-15(6-4-14)17-7-8-18(20(22)23-2)19(13-17)16-9-11-21-12-10-16/h3-9,13,21H,10-12H2,1-2H3. The summed E-state index contributed by atoms with van der Waals surface area (Å²) >= 11 is 0. The van der Waals surface area contributed by atoms with Crippen molar-refractivity contribution in [3.63, 3.8) is 0 Å². The number of hydrogen-bond donors (Lipinski definition) is 1. The summed E-state index contributed by atoms with van der Waals surface area (Å²) in [5.41, 5.74) is 6.34. The van der Waals surface area contributed by atoms with E-state index >= 15 is 0 Å². The molecule has 1 aliphatic heterocycles. The zero-order valence-electron chi connectivity index (χ0n) is 13.6. The number of carbonyl (C=O) groups is 1. The Morgan fingerprint density at radius 2 is 1.83 bits per heavy atom. The molecule has 0 amide bonds. The SMILES string of the molecule is COC(=O)c1ccc(-c2ccc(C)cc2)cc1C1=CCNCC1. The first-order chi connectivity index (χ1) is 11.2. The molecule has 0 spiro atoms. The van der Waals surface area contributed by atoms with Gasteiger partial charge in [-0.05, 0) is 54.3 Å². The average Bonchev–Trinajstić information content (AvgIpc) is 2.62. The molecular formula is C20H21NO2. The molecule has 0 saturated heterocycles. The molecule has 3 heteroatoms. The maximum absolute atomic E-state index is 12.1. The summed E-state index contributed by atoms with van der Waals surface area (Å²) < 4.78 is 4.95. The quantitative estimate of drug-likeness (QED) is 0.876. The summed E-state index contributed by atoms with van der Waals surface area (Å²) in [6.45, 7) is 3.85. The van der Waals surface area contributed by atoms with E-state index in [1.54, 1.807) is 0 Å². The van der Waals surface area contributed by atoms with Gasteiger partial charge >= 0.3 is 5.97 Å². The average molecular weight is 307 g/mol. The van der Waals surface area contributed by atoms with Crippen molar-refractivity contribution >= 4 is 11.5 Å². The lowest BCUT2D eigenvalue weighted by atomic mass is 9.91. The molecule has 3 nitrogen and oxygen atoms in total. The smallest absolute Gasteiger partial charge is 0.338 e. The largest absolute Gasteiger partial charge is 0.465 e. The number of carbonyl (C=O) groups excluding carboxylic acids is 1. The molecule has 2 aromatic carbocycles. The maximum Gasteiger partial charge on any atom is 0.338 e. The van der Waals surface area contributed by atoms with E-state index in [9.17, 15) is 4.79 Å². The zero-order valence-corrected chi connectivity index (χ0v) is 13.6. The molecular weight excluding hydrogens is 286 g/mol. The number of methoxy groups -OCH3 is 1. The minimum absolute atomic E-state index is 0.283. The minimum Gasteiger partial charge on any atom is -0.465 e. The Hall–Kier alpha value is -2.39. The fourth-order valence-corrected chi connectivity index (χ4v) is 2.89. The Morgan fingerprint density at radius 3 is 2.48 bits per heavy atom. The third-order valence-electron chi connectivity index (χ3n) is 4.22. The van der Waals surface area contributed by atoms with E-state index in [2.05, 4.69) is 48.6 Å². The van der Waals surface area contributed by atoms with Crippen LogP contribution in [0.5, 0.6) is 0 Å². The second-order valence-corrected chi connectivity index (χ2v) is 5.80. The van der Waals surface area contributed by atoms with Crippen LogP contribution in [0.15, 0.2) is 48.5 Å². The van der Waals surface area contributed by atoms with Crippen LogP contribution in [0.2, 0.25) is 0 Å². The Morgan fingerprint density at radius 1 is 1.09 bits per heavy atom. The van der Waals surface area contributed by atoms with Crippen molar-refractivity contribution in [2.45, 2.75) is 13.3 Å². The Balaban J connectivity index is 2.08. The van der Waals surface area contributed by atoms with Crippen molar-refractivity contribution in [1.29, 1.82) is 0 Å². The van der Waals surface area contributed by atoms with Crippen LogP contribution in [0.25, 0.3) is 16.7 Å². The molecule has 0 unspecified atom stereocenters. The lowest BCUT2D eigenvalue weighted by Crippen LogP contribution is -2.20. The fourth-order valence-electron chi connectivity index (χ4n) is 2.89. The highest BCUT2D eigenvalue weighted by molar-refractivity contribution is 5.96. The van der Waals surface area contributed by atoms with Gasteiger partial charge in [0.25, 0.3) is 0 Å². The van der Waals surface area contributed by atoms with E-state index in [0.29, 0.717) is 5.56 Å². The highest BCUT2D eigenvalue weighted by Crippen LogP contribution is 2.29. The number of esters is 1. The summed E-state index contributed by atoms with van der Waals surface area (Å²) in [7, 11) is 1.43. The van der Waals surface area contributed by atoms with Gasteiger partial charge in [-0.1, -0.05) is 42.0 Å². The van der Waals surface area contributed by atoms with Gasteiger partial charge in [-0.2, -0.15) is 0 Å². The summed E-state index contributed by atoms with van der Waals surface area (Å²) in [6.07, 6.45) is 3.07. The van der Waals surface area contributed by atoms with E-state index in [1.807, 2.05) is 12.1 Å². The molecule has 0 fully saturated rings. The molecule has 1 N–H and O–H groups in total. The molecule has 1 heterocycles. The molecule has 0 aliphatic carbocycles. The van der Waals surface area contributed by atoms with Crippen molar-refractivity contribution in [2.24, 2.45) is 0 Å². The molecule has 2 aromatic rings. The number of aryl methyl sites for hydroxylation is 1. The number of ether oxygens (including phenoxy) is 1. The van der Waals surface area contributed by atoms with Gasteiger partial charge in [0.05, 0.1) is 12.7 Å². The van der Waals surface area contributed by atoms with Crippen LogP contribution in [-0.2, 0) is 4.74 Å². The van der Waals surface area contributed by atoms with Gasteiger partial charge in [-0.3, -0.25) is 0 Å². The fraction of sp³-hybridized carbons (Fsp3) is 0.250. The summed E-state index contributed by atoms with van der Waals surface area (Å²) in [5.74, 6) is -0.283. The molecule has 0 aromatic heterocycles. The molecule has 3 rings (SSSR count). The van der Waals surface area contributed by atoms with Crippen LogP contribution in [0.3, 0.4) is 0 Å². The van der Waals surface area contributed by atoms with Crippen molar-refractivity contribution in [3.05, 3.63) is 65.2 Å². The topological polar surface area (TPSA) is 38.3 Å². The first kappa shape index (κ1) is 15.5. The van der Waals surface area contributed by atoms with Gasteiger partial charge in [0.2, 0.25) is 0 Å². The third kappa shape index (κ3) is 3.35. The molecule has 23 heavy (non-hydrogen) atoms. The minimum atomic E-state index is -0.283. The van der Waals surface area contributed by atoms with Crippen molar-refractivity contribution in [1.82, 2.24) is 5.32 Å². The van der Waals surface area contributed by atoms with Crippen LogP contribution in [0.1, 0.15) is 27.9 Å². The lowest BCUT2D eigenvalue weighted by molar-refractivity contribution is 0.0600. The monoisotopic (exact) mass is 307 g/mol. The third-order valence-corrected chi connectivity index (χ3v) is 4.22. The first-order valence-electron chi connectivity index (χ1n) is 7.88. The summed E-state index contributed by atoms with van der Waals surface area (Å²) in [6, 6.07) is 14.4. The molecule has 0 saturated carbocycles. The predicted octanol–water partition coefficient (Wildman–Crippen LogP) is 3.83. The van der Waals surface area contributed by atoms with E-state index in [-0.39, 0.29) is 5.97 Å². The van der Waals surface area contributed by atoms with Crippen LogP contribution >= 0.6 is 0 Å². The van der Waals surface area contributed by atoms with Gasteiger partial charge in [-0.15, -0.1) is 0 Å². The van der Waals surface area contributed by atoms with Gasteiger partial charge in [0.1, 0.15) is 0 Å². The summed E-state index contributed by atoms with van der Waals surface area (Å²) in [4.78, 5) is 12.1. The predicted molar refractivity (Wildman–Crippen MR) is 93.4 cm³/mol. The van der Waals surface area contributed by atoms with Gasteiger partial charge < -0.3 is 10.1 Å².